The van der Waals surface area contributed by atoms with Crippen molar-refractivity contribution in [3.8, 4) is 0 Å². The molecule has 0 amide bonds. The fourth-order valence-electron chi connectivity index (χ4n) is 1.28. The van der Waals surface area contributed by atoms with Crippen molar-refractivity contribution in [1.29, 1.82) is 0 Å². The van der Waals surface area contributed by atoms with Crippen LogP contribution in [0.5, 0.6) is 0 Å². The molecule has 0 atom stereocenters. The van der Waals surface area contributed by atoms with Gasteiger partial charge in [0.25, 0.3) is 6.43 Å². The summed E-state index contributed by atoms with van der Waals surface area (Å²) in [6.45, 7) is 0. The summed E-state index contributed by atoms with van der Waals surface area (Å²) >= 11 is 2.94. The zero-order chi connectivity index (χ0) is 13.9. The van der Waals surface area contributed by atoms with Gasteiger partial charge in [0.05, 0.1) is 24.0 Å². The monoisotopic (exact) mass is 324 g/mol. The Kier molecular flexibility index (Phi) is 4.65. The highest BCUT2D eigenvalue weighted by Gasteiger charge is 2.30. The average Bonchev–Trinajstić information content (AvgIpc) is 2.30. The number of hydrogen-bond donors (Lipinski definition) is 0. The first-order valence-corrected chi connectivity index (χ1v) is 5.34. The molecule has 1 aromatic heterocycles. The molecule has 0 radical (unpaired) electrons. The molecule has 0 aliphatic rings. The van der Waals surface area contributed by atoms with Gasteiger partial charge in [-0.2, -0.15) is 0 Å². The molecule has 6 nitrogen and oxygen atoms in total. The summed E-state index contributed by atoms with van der Waals surface area (Å²) in [5.41, 5.74) is -2.02. The highest BCUT2D eigenvalue weighted by molar-refractivity contribution is 9.10. The highest BCUT2D eigenvalue weighted by atomic mass is 79.9. The zero-order valence-corrected chi connectivity index (χ0v) is 10.6. The summed E-state index contributed by atoms with van der Waals surface area (Å²) in [5.74, 6) is -0.773. The van der Waals surface area contributed by atoms with Crippen LogP contribution in [-0.4, -0.2) is 23.0 Å². The number of hydrogen-bond acceptors (Lipinski definition) is 5. The maximum Gasteiger partial charge on any atom is 0.310 e. The van der Waals surface area contributed by atoms with Gasteiger partial charge < -0.3 is 4.74 Å². The van der Waals surface area contributed by atoms with Crippen molar-refractivity contribution in [1.82, 2.24) is 4.98 Å². The van der Waals surface area contributed by atoms with Crippen LogP contribution in [-0.2, 0) is 16.0 Å². The zero-order valence-electron chi connectivity index (χ0n) is 9.02. The Labute approximate surface area is 108 Å². The molecule has 0 bridgehead atoms. The van der Waals surface area contributed by atoms with Crippen molar-refractivity contribution in [3.05, 3.63) is 32.0 Å². The lowest BCUT2D eigenvalue weighted by molar-refractivity contribution is -0.387. The van der Waals surface area contributed by atoms with Gasteiger partial charge >= 0.3 is 11.7 Å². The first-order chi connectivity index (χ1) is 8.38. The van der Waals surface area contributed by atoms with Crippen LogP contribution >= 0.6 is 15.9 Å². The number of carbonyl (C=O) groups excluding carboxylic acids is 1. The number of pyridine rings is 1. The molecule has 0 spiro atoms. The van der Waals surface area contributed by atoms with Crippen LogP contribution < -0.4 is 0 Å². The maximum atomic E-state index is 12.6. The van der Waals surface area contributed by atoms with Gasteiger partial charge in [-0.1, -0.05) is 0 Å². The number of ether oxygens (including phenoxy) is 1. The third-order valence-corrected chi connectivity index (χ3v) is 2.76. The second-order valence-corrected chi connectivity index (χ2v) is 3.98. The van der Waals surface area contributed by atoms with Crippen molar-refractivity contribution < 1.29 is 23.2 Å². The van der Waals surface area contributed by atoms with E-state index in [1.165, 1.54) is 0 Å². The molecule has 0 aliphatic carbocycles. The van der Waals surface area contributed by atoms with Gasteiger partial charge in [-0.25, -0.2) is 13.8 Å². The van der Waals surface area contributed by atoms with E-state index in [2.05, 4.69) is 25.7 Å². The molecule has 0 N–H and O–H groups in total. The van der Waals surface area contributed by atoms with E-state index in [0.29, 0.717) is 0 Å². The average molecular weight is 325 g/mol. The van der Waals surface area contributed by atoms with Crippen molar-refractivity contribution in [2.45, 2.75) is 12.8 Å². The molecule has 0 aliphatic heterocycles. The summed E-state index contributed by atoms with van der Waals surface area (Å²) in [4.78, 5) is 24.3. The Morgan fingerprint density at radius 3 is 2.72 bits per heavy atom. The van der Waals surface area contributed by atoms with E-state index < -0.39 is 35.1 Å². The van der Waals surface area contributed by atoms with E-state index in [9.17, 15) is 23.7 Å². The first-order valence-electron chi connectivity index (χ1n) is 4.55. The minimum atomic E-state index is -3.10. The highest BCUT2D eigenvalue weighted by Crippen LogP contribution is 2.34. The quantitative estimate of drug-likeness (QED) is 0.482. The third kappa shape index (κ3) is 2.97. The third-order valence-electron chi connectivity index (χ3n) is 2.07. The minimum Gasteiger partial charge on any atom is -0.469 e. The van der Waals surface area contributed by atoms with E-state index in [1.807, 2.05) is 0 Å². The fraction of sp³-hybridized carbons (Fsp3) is 0.333. The van der Waals surface area contributed by atoms with Crippen LogP contribution in [0.15, 0.2) is 10.7 Å². The Bertz CT molecular complexity index is 496. The smallest absolute Gasteiger partial charge is 0.310 e. The van der Waals surface area contributed by atoms with Gasteiger partial charge in [0.15, 0.2) is 5.69 Å². The summed E-state index contributed by atoms with van der Waals surface area (Å²) < 4.78 is 29.7. The number of nitro groups is 1. The molecule has 0 saturated carbocycles. The summed E-state index contributed by atoms with van der Waals surface area (Å²) in [7, 11) is 1.09. The van der Waals surface area contributed by atoms with Crippen LogP contribution in [0.4, 0.5) is 14.5 Å². The van der Waals surface area contributed by atoms with Crippen LogP contribution in [0.2, 0.25) is 0 Å². The Morgan fingerprint density at radius 2 is 2.28 bits per heavy atom. The second kappa shape index (κ2) is 5.80. The van der Waals surface area contributed by atoms with Gasteiger partial charge in [-0.05, 0) is 15.9 Å². The largest absolute Gasteiger partial charge is 0.469 e. The Balaban J connectivity index is 3.41. The standard InChI is InChI=1S/C9H7BrF2N2O4/c1-18-6(15)2-4-5(10)3-13-7(9(11)12)8(4)14(16)17/h3,9H,2H2,1H3. The summed E-state index contributed by atoms with van der Waals surface area (Å²) in [6, 6.07) is 0. The molecule has 0 saturated heterocycles. The fourth-order valence-corrected chi connectivity index (χ4v) is 1.71. The number of carbonyl (C=O) groups is 1. The van der Waals surface area contributed by atoms with Crippen LogP contribution in [0, 0.1) is 10.1 Å². The first kappa shape index (κ1) is 14.4. The molecule has 1 aromatic rings. The molecule has 0 aromatic carbocycles. The minimum absolute atomic E-state index is 0.101. The van der Waals surface area contributed by atoms with Crippen LogP contribution in [0.3, 0.4) is 0 Å². The van der Waals surface area contributed by atoms with E-state index >= 15 is 0 Å². The van der Waals surface area contributed by atoms with Gasteiger partial charge in [-0.15, -0.1) is 0 Å². The lowest BCUT2D eigenvalue weighted by atomic mass is 10.1. The predicted octanol–water partition coefficient (Wildman–Crippen LogP) is 2.41. The van der Waals surface area contributed by atoms with Crippen LogP contribution in [0.25, 0.3) is 0 Å². The normalized spacial score (nSPS) is 10.5. The lowest BCUT2D eigenvalue weighted by Gasteiger charge is -2.07. The molecule has 9 heteroatoms. The van der Waals surface area contributed by atoms with Gasteiger partial charge in [0.2, 0.25) is 0 Å². The molecule has 0 unspecified atom stereocenters. The predicted molar refractivity (Wildman–Crippen MR) is 59.3 cm³/mol. The van der Waals surface area contributed by atoms with Crippen molar-refractivity contribution in [3.63, 3.8) is 0 Å². The second-order valence-electron chi connectivity index (χ2n) is 3.13. The number of halogens is 3. The van der Waals surface area contributed by atoms with E-state index in [4.69, 9.17) is 0 Å². The number of nitrogens with zero attached hydrogens (tertiary/aromatic N) is 2. The molecule has 18 heavy (non-hydrogen) atoms. The SMILES string of the molecule is COC(=O)Cc1c(Br)cnc(C(F)F)c1[N+](=O)[O-]. The molecule has 0 fully saturated rings. The number of esters is 1. The lowest BCUT2D eigenvalue weighted by Crippen LogP contribution is -2.10. The Morgan fingerprint density at radius 1 is 1.67 bits per heavy atom. The number of methoxy groups -OCH3 is 1. The molecule has 1 heterocycles. The van der Waals surface area contributed by atoms with E-state index in [-0.39, 0.29) is 10.0 Å². The number of aromatic nitrogens is 1. The van der Waals surface area contributed by atoms with Crippen molar-refractivity contribution in [2.24, 2.45) is 0 Å². The van der Waals surface area contributed by atoms with Gasteiger partial charge in [-0.3, -0.25) is 14.9 Å². The van der Waals surface area contributed by atoms with Crippen molar-refractivity contribution >= 4 is 27.6 Å². The Hall–Kier alpha value is -1.64. The van der Waals surface area contributed by atoms with E-state index in [0.717, 1.165) is 13.3 Å². The van der Waals surface area contributed by atoms with Crippen molar-refractivity contribution in [2.75, 3.05) is 7.11 Å². The summed E-state index contributed by atoms with van der Waals surface area (Å²) in [5, 5.41) is 10.8. The molecular formula is C9H7BrF2N2O4. The summed E-state index contributed by atoms with van der Waals surface area (Å²) in [6.07, 6.45) is -2.60. The number of alkyl halides is 2. The van der Waals surface area contributed by atoms with E-state index in [1.54, 1.807) is 0 Å². The topological polar surface area (TPSA) is 82.3 Å². The molecule has 1 rings (SSSR count). The number of rotatable bonds is 4. The van der Waals surface area contributed by atoms with Gasteiger partial charge in [0, 0.05) is 10.7 Å². The van der Waals surface area contributed by atoms with Crippen LogP contribution in [0.1, 0.15) is 17.7 Å². The molecular weight excluding hydrogens is 318 g/mol. The van der Waals surface area contributed by atoms with Gasteiger partial charge in [0.1, 0.15) is 0 Å². The maximum absolute atomic E-state index is 12.6. The molecule has 98 valence electrons.